The lowest BCUT2D eigenvalue weighted by Gasteiger charge is -2.04. The summed E-state index contributed by atoms with van der Waals surface area (Å²) in [6.07, 6.45) is 13.8. The second-order valence-electron chi connectivity index (χ2n) is 3.80. The van der Waals surface area contributed by atoms with Crippen LogP contribution in [0.15, 0.2) is 28.4 Å². The molecule has 0 unspecified atom stereocenters. The van der Waals surface area contributed by atoms with Gasteiger partial charge in [0.15, 0.2) is 0 Å². The molecule has 3 heteroatoms. The van der Waals surface area contributed by atoms with E-state index in [1.807, 2.05) is 6.08 Å². The van der Waals surface area contributed by atoms with Crippen molar-refractivity contribution in [3.63, 3.8) is 0 Å². The summed E-state index contributed by atoms with van der Waals surface area (Å²) in [4.78, 5) is 0. The standard InChI is InChI=1S/C12H18ClNO/c13-11-9-7-5-3-1-2-4-6-8-10-12(11)14-15/h5,7,9,15H,1-4,6,8,10H2/b7-5-,11-9?,14-12?. The zero-order valence-electron chi connectivity index (χ0n) is 8.95. The van der Waals surface area contributed by atoms with Crippen molar-refractivity contribution in [1.29, 1.82) is 0 Å². The van der Waals surface area contributed by atoms with Gasteiger partial charge in [0.25, 0.3) is 0 Å². The van der Waals surface area contributed by atoms with E-state index in [-0.39, 0.29) is 0 Å². The van der Waals surface area contributed by atoms with Crippen LogP contribution in [0.25, 0.3) is 0 Å². The highest BCUT2D eigenvalue weighted by molar-refractivity contribution is 6.43. The summed E-state index contributed by atoms with van der Waals surface area (Å²) >= 11 is 6.00. The lowest BCUT2D eigenvalue weighted by atomic mass is 10.1. The van der Waals surface area contributed by atoms with E-state index in [0.29, 0.717) is 10.7 Å². The first-order chi connectivity index (χ1) is 7.34. The van der Waals surface area contributed by atoms with Crippen molar-refractivity contribution < 1.29 is 5.21 Å². The van der Waals surface area contributed by atoms with Crippen molar-refractivity contribution in [2.45, 2.75) is 44.9 Å². The highest BCUT2D eigenvalue weighted by Gasteiger charge is 2.04. The monoisotopic (exact) mass is 227 g/mol. The quantitative estimate of drug-likeness (QED) is 0.487. The summed E-state index contributed by atoms with van der Waals surface area (Å²) in [5.74, 6) is 0. The summed E-state index contributed by atoms with van der Waals surface area (Å²) in [6.45, 7) is 0. The van der Waals surface area contributed by atoms with Crippen LogP contribution in [0.4, 0.5) is 0 Å². The number of nitrogens with zero attached hydrogens (tertiary/aromatic N) is 1. The molecule has 0 amide bonds. The predicted octanol–water partition coefficient (Wildman–Crippen LogP) is 4.24. The van der Waals surface area contributed by atoms with Crippen LogP contribution in [-0.4, -0.2) is 10.9 Å². The fourth-order valence-electron chi connectivity index (χ4n) is 1.65. The van der Waals surface area contributed by atoms with Crippen LogP contribution >= 0.6 is 11.6 Å². The fourth-order valence-corrected chi connectivity index (χ4v) is 1.85. The van der Waals surface area contributed by atoms with Gasteiger partial charge in [-0.1, -0.05) is 48.2 Å². The Kier molecular flexibility index (Phi) is 6.17. The van der Waals surface area contributed by atoms with Gasteiger partial charge >= 0.3 is 0 Å². The second-order valence-corrected chi connectivity index (χ2v) is 4.20. The van der Waals surface area contributed by atoms with Gasteiger partial charge in [0, 0.05) is 0 Å². The molecule has 84 valence electrons. The molecule has 0 radical (unpaired) electrons. The Morgan fingerprint density at radius 3 is 2.67 bits per heavy atom. The van der Waals surface area contributed by atoms with Gasteiger partial charge in [-0.25, -0.2) is 0 Å². The first-order valence-corrected chi connectivity index (χ1v) is 5.96. The van der Waals surface area contributed by atoms with E-state index in [9.17, 15) is 0 Å². The Labute approximate surface area is 96.3 Å². The Bertz CT molecular complexity index is 269. The lowest BCUT2D eigenvalue weighted by Crippen LogP contribution is -1.99. The van der Waals surface area contributed by atoms with Gasteiger partial charge in [0.2, 0.25) is 0 Å². The number of allylic oxidation sites excluding steroid dienone is 4. The van der Waals surface area contributed by atoms with Gasteiger partial charge in [-0.2, -0.15) is 0 Å². The lowest BCUT2D eigenvalue weighted by molar-refractivity contribution is 0.318. The molecule has 0 spiro atoms. The molecule has 1 N–H and O–H groups in total. The molecule has 0 heterocycles. The third kappa shape index (κ3) is 5.03. The zero-order chi connectivity index (χ0) is 10.9. The normalized spacial score (nSPS) is 25.1. The van der Waals surface area contributed by atoms with Gasteiger partial charge in [-0.3, -0.25) is 0 Å². The largest absolute Gasteiger partial charge is 0.411 e. The first kappa shape index (κ1) is 12.3. The minimum absolute atomic E-state index is 0.550. The van der Waals surface area contributed by atoms with Crippen LogP contribution < -0.4 is 0 Å². The average Bonchev–Trinajstić information content (AvgIpc) is 2.23. The van der Waals surface area contributed by atoms with Crippen molar-refractivity contribution in [3.8, 4) is 0 Å². The van der Waals surface area contributed by atoms with Crippen LogP contribution in [0.1, 0.15) is 44.9 Å². The van der Waals surface area contributed by atoms with Crippen LogP contribution in [-0.2, 0) is 0 Å². The summed E-state index contributed by atoms with van der Waals surface area (Å²) in [6, 6.07) is 0. The SMILES string of the molecule is ON=C1CCCCCCC/C=C\C=C1Cl. The van der Waals surface area contributed by atoms with Crippen LogP contribution in [0.3, 0.4) is 0 Å². The number of oxime groups is 1. The zero-order valence-corrected chi connectivity index (χ0v) is 9.71. The molecular formula is C12H18ClNO. The van der Waals surface area contributed by atoms with Crippen molar-refractivity contribution >= 4 is 17.3 Å². The highest BCUT2D eigenvalue weighted by atomic mass is 35.5. The molecule has 0 aromatic rings. The molecule has 0 bridgehead atoms. The smallest absolute Gasteiger partial charge is 0.0981 e. The summed E-state index contributed by atoms with van der Waals surface area (Å²) < 4.78 is 0. The van der Waals surface area contributed by atoms with Crippen LogP contribution in [0.5, 0.6) is 0 Å². The van der Waals surface area contributed by atoms with Gasteiger partial charge in [-0.15, -0.1) is 0 Å². The molecule has 0 atom stereocenters. The van der Waals surface area contributed by atoms with E-state index < -0.39 is 0 Å². The van der Waals surface area contributed by atoms with Crippen LogP contribution in [0.2, 0.25) is 0 Å². The average molecular weight is 228 g/mol. The Balaban J connectivity index is 2.63. The Hall–Kier alpha value is -0.760. The number of hydrogen-bond donors (Lipinski definition) is 1. The predicted molar refractivity (Wildman–Crippen MR) is 64.6 cm³/mol. The maximum absolute atomic E-state index is 8.80. The van der Waals surface area contributed by atoms with Gasteiger partial charge in [-0.05, 0) is 31.8 Å². The summed E-state index contributed by atoms with van der Waals surface area (Å²) in [5.41, 5.74) is 0.599. The molecule has 1 rings (SSSR count). The van der Waals surface area contributed by atoms with E-state index in [0.717, 1.165) is 19.3 Å². The van der Waals surface area contributed by atoms with E-state index in [1.54, 1.807) is 6.08 Å². The Morgan fingerprint density at radius 1 is 1.13 bits per heavy atom. The highest BCUT2D eigenvalue weighted by Crippen LogP contribution is 2.15. The topological polar surface area (TPSA) is 32.6 Å². The molecule has 1 aliphatic rings. The molecule has 15 heavy (non-hydrogen) atoms. The molecule has 0 fully saturated rings. The molecule has 0 aromatic carbocycles. The van der Waals surface area contributed by atoms with Crippen molar-refractivity contribution in [1.82, 2.24) is 0 Å². The molecule has 0 aromatic heterocycles. The molecule has 0 saturated heterocycles. The second kappa shape index (κ2) is 7.52. The van der Waals surface area contributed by atoms with Crippen molar-refractivity contribution in [2.24, 2.45) is 5.16 Å². The van der Waals surface area contributed by atoms with E-state index in [4.69, 9.17) is 16.8 Å². The van der Waals surface area contributed by atoms with Gasteiger partial charge in [0.05, 0.1) is 10.7 Å². The van der Waals surface area contributed by atoms with Gasteiger partial charge in [0.1, 0.15) is 0 Å². The third-order valence-corrected chi connectivity index (χ3v) is 2.90. The number of halogens is 1. The molecular weight excluding hydrogens is 210 g/mol. The van der Waals surface area contributed by atoms with Crippen molar-refractivity contribution in [3.05, 3.63) is 23.3 Å². The first-order valence-electron chi connectivity index (χ1n) is 5.58. The maximum Gasteiger partial charge on any atom is 0.0981 e. The third-order valence-electron chi connectivity index (χ3n) is 2.56. The van der Waals surface area contributed by atoms with Gasteiger partial charge < -0.3 is 5.21 Å². The van der Waals surface area contributed by atoms with Crippen LogP contribution in [0, 0.1) is 0 Å². The van der Waals surface area contributed by atoms with E-state index in [1.165, 1.54) is 25.7 Å². The fraction of sp³-hybridized carbons (Fsp3) is 0.583. The number of rotatable bonds is 0. The molecule has 0 saturated carbocycles. The maximum atomic E-state index is 8.80. The van der Waals surface area contributed by atoms with E-state index >= 15 is 0 Å². The molecule has 1 aliphatic carbocycles. The molecule has 0 aliphatic heterocycles. The van der Waals surface area contributed by atoms with E-state index in [2.05, 4.69) is 11.2 Å². The summed E-state index contributed by atoms with van der Waals surface area (Å²) in [5, 5.41) is 12.6. The number of hydrogen-bond acceptors (Lipinski definition) is 2. The van der Waals surface area contributed by atoms with Crippen molar-refractivity contribution in [2.75, 3.05) is 0 Å². The Morgan fingerprint density at radius 2 is 1.87 bits per heavy atom. The summed E-state index contributed by atoms with van der Waals surface area (Å²) in [7, 11) is 0. The minimum Gasteiger partial charge on any atom is -0.411 e. The molecule has 2 nitrogen and oxygen atoms in total. The minimum atomic E-state index is 0.550.